The zero-order chi connectivity index (χ0) is 8.97. The van der Waals surface area contributed by atoms with E-state index in [0.29, 0.717) is 10.9 Å². The minimum Gasteiger partial charge on any atom is -0.240 e. The summed E-state index contributed by atoms with van der Waals surface area (Å²) in [6.45, 7) is 1.16. The van der Waals surface area contributed by atoms with Crippen molar-refractivity contribution >= 4 is 10.9 Å². The van der Waals surface area contributed by atoms with Crippen molar-refractivity contribution < 1.29 is 4.57 Å². The molecule has 1 heterocycles. The second-order valence-electron chi connectivity index (χ2n) is 3.36. The molecular weight excluding hydrogens is 168 g/mol. The molecule has 0 atom stereocenters. The molecule has 1 rings (SSSR count). The number of hydrogen-bond donors (Lipinski definition) is 0. The number of rotatable bonds is 4. The fraction of sp³-hybridized carbons (Fsp3) is 0.667. The molecule has 68 valence electrons. The summed E-state index contributed by atoms with van der Waals surface area (Å²) in [5.74, 6) is 1.35. The highest BCUT2D eigenvalue weighted by atomic mass is 32.2. The van der Waals surface area contributed by atoms with Crippen LogP contribution in [-0.2, 0) is 24.5 Å². The third-order valence-corrected chi connectivity index (χ3v) is 2.90. The van der Waals surface area contributed by atoms with Gasteiger partial charge in [0.2, 0.25) is 6.33 Å². The minimum absolute atomic E-state index is 0.597. The average molecular weight is 186 g/mol. The molecule has 0 aliphatic carbocycles. The SMILES string of the molecule is C[n+]1ccn(CCC[S+](C)C)c1. The van der Waals surface area contributed by atoms with Gasteiger partial charge in [-0.15, -0.1) is 0 Å². The second kappa shape index (κ2) is 4.55. The van der Waals surface area contributed by atoms with Crippen molar-refractivity contribution in [3.8, 4) is 0 Å². The van der Waals surface area contributed by atoms with E-state index in [1.54, 1.807) is 0 Å². The molecule has 1 aromatic heterocycles. The van der Waals surface area contributed by atoms with Gasteiger partial charge in [0.25, 0.3) is 0 Å². The maximum Gasteiger partial charge on any atom is 0.243 e. The summed E-state index contributed by atoms with van der Waals surface area (Å²) >= 11 is 0. The van der Waals surface area contributed by atoms with E-state index in [1.165, 1.54) is 12.2 Å². The van der Waals surface area contributed by atoms with E-state index < -0.39 is 0 Å². The van der Waals surface area contributed by atoms with Crippen LogP contribution >= 0.6 is 0 Å². The molecule has 2 nitrogen and oxygen atoms in total. The highest BCUT2D eigenvalue weighted by Gasteiger charge is 2.04. The summed E-state index contributed by atoms with van der Waals surface area (Å²) in [5.41, 5.74) is 0. The molecule has 0 aliphatic rings. The molecule has 0 unspecified atom stereocenters. The summed E-state index contributed by atoms with van der Waals surface area (Å²) in [5, 5.41) is 0. The highest BCUT2D eigenvalue weighted by Crippen LogP contribution is 1.93. The Labute approximate surface area is 77.6 Å². The van der Waals surface area contributed by atoms with Crippen LogP contribution in [0.2, 0.25) is 0 Å². The first kappa shape index (κ1) is 9.65. The molecule has 0 N–H and O–H groups in total. The van der Waals surface area contributed by atoms with E-state index in [1.807, 2.05) is 0 Å². The van der Waals surface area contributed by atoms with Crippen LogP contribution in [0.5, 0.6) is 0 Å². The first-order valence-electron chi connectivity index (χ1n) is 4.23. The first-order valence-corrected chi connectivity index (χ1v) is 6.45. The second-order valence-corrected chi connectivity index (χ2v) is 5.74. The molecule has 0 aromatic carbocycles. The van der Waals surface area contributed by atoms with Gasteiger partial charge >= 0.3 is 0 Å². The number of hydrogen-bond acceptors (Lipinski definition) is 0. The van der Waals surface area contributed by atoms with Gasteiger partial charge in [0, 0.05) is 6.42 Å². The van der Waals surface area contributed by atoms with E-state index in [4.69, 9.17) is 0 Å². The number of nitrogens with zero attached hydrogens (tertiary/aromatic N) is 2. The molecule has 0 radical (unpaired) electrons. The van der Waals surface area contributed by atoms with Gasteiger partial charge in [-0.2, -0.15) is 0 Å². The Bertz CT molecular complexity index is 230. The Morgan fingerprint density at radius 2 is 2.17 bits per heavy atom. The Morgan fingerprint density at radius 3 is 2.67 bits per heavy atom. The highest BCUT2D eigenvalue weighted by molar-refractivity contribution is 7.95. The molecular formula is C9H18N2S+2. The molecule has 12 heavy (non-hydrogen) atoms. The summed E-state index contributed by atoms with van der Waals surface area (Å²) < 4.78 is 4.32. The molecule has 0 aliphatic heterocycles. The van der Waals surface area contributed by atoms with Crippen molar-refractivity contribution in [1.82, 2.24) is 4.57 Å². The van der Waals surface area contributed by atoms with Crippen LogP contribution in [0.15, 0.2) is 18.7 Å². The quantitative estimate of drug-likeness (QED) is 0.480. The number of aromatic nitrogens is 2. The Hall–Kier alpha value is -0.440. The van der Waals surface area contributed by atoms with Gasteiger partial charge in [-0.3, -0.25) is 0 Å². The predicted octanol–water partition coefficient (Wildman–Crippen LogP) is 0.581. The molecule has 0 fully saturated rings. The first-order chi connectivity index (χ1) is 5.68. The Morgan fingerprint density at radius 1 is 1.42 bits per heavy atom. The molecule has 0 amide bonds. The van der Waals surface area contributed by atoms with Crippen molar-refractivity contribution in [3.05, 3.63) is 18.7 Å². The normalized spacial score (nSPS) is 11.0. The molecule has 3 heteroatoms. The van der Waals surface area contributed by atoms with Crippen molar-refractivity contribution in [3.63, 3.8) is 0 Å². The summed E-state index contributed by atoms with van der Waals surface area (Å²) in [6, 6.07) is 0. The lowest BCUT2D eigenvalue weighted by Crippen LogP contribution is -2.23. The van der Waals surface area contributed by atoms with Gasteiger partial charge in [0.05, 0.1) is 26.1 Å². The topological polar surface area (TPSA) is 8.81 Å². The molecule has 0 saturated heterocycles. The lowest BCUT2D eigenvalue weighted by atomic mass is 10.5. The van der Waals surface area contributed by atoms with E-state index in [9.17, 15) is 0 Å². The molecule has 1 aromatic rings. The average Bonchev–Trinajstić information content (AvgIpc) is 2.35. The van der Waals surface area contributed by atoms with Crippen molar-refractivity contribution in [2.75, 3.05) is 18.3 Å². The number of aryl methyl sites for hydroxylation is 2. The minimum atomic E-state index is 0.597. The maximum absolute atomic E-state index is 2.30. The third-order valence-electron chi connectivity index (χ3n) is 1.79. The van der Waals surface area contributed by atoms with E-state index in [0.717, 1.165) is 6.54 Å². The van der Waals surface area contributed by atoms with Crippen LogP contribution in [0.25, 0.3) is 0 Å². The standard InChI is InChI=1S/C9H18N2S/c1-10-6-7-11(9-10)5-4-8-12(2)3/h6-7,9H,4-5,8H2,1-3H3/q+2. The zero-order valence-electron chi connectivity index (χ0n) is 8.16. The number of imidazole rings is 1. The molecule has 0 bridgehead atoms. The molecule has 0 spiro atoms. The third kappa shape index (κ3) is 3.30. The van der Waals surface area contributed by atoms with Crippen molar-refractivity contribution in [2.45, 2.75) is 13.0 Å². The van der Waals surface area contributed by atoms with Crippen LogP contribution in [0.3, 0.4) is 0 Å². The van der Waals surface area contributed by atoms with Crippen molar-refractivity contribution in [1.29, 1.82) is 0 Å². The predicted molar refractivity (Wildman–Crippen MR) is 54.3 cm³/mol. The van der Waals surface area contributed by atoms with Gasteiger partial charge in [0.1, 0.15) is 18.1 Å². The van der Waals surface area contributed by atoms with Gasteiger partial charge in [-0.1, -0.05) is 0 Å². The van der Waals surface area contributed by atoms with E-state index in [-0.39, 0.29) is 0 Å². The maximum atomic E-state index is 2.30. The lowest BCUT2D eigenvalue weighted by molar-refractivity contribution is -0.671. The van der Waals surface area contributed by atoms with Crippen LogP contribution in [0.1, 0.15) is 6.42 Å². The zero-order valence-corrected chi connectivity index (χ0v) is 8.97. The van der Waals surface area contributed by atoms with Crippen LogP contribution in [0.4, 0.5) is 0 Å². The van der Waals surface area contributed by atoms with Gasteiger partial charge in [0.15, 0.2) is 0 Å². The van der Waals surface area contributed by atoms with E-state index >= 15 is 0 Å². The summed E-state index contributed by atoms with van der Waals surface area (Å²) in [4.78, 5) is 0. The van der Waals surface area contributed by atoms with Gasteiger partial charge < -0.3 is 0 Å². The smallest absolute Gasteiger partial charge is 0.240 e. The fourth-order valence-electron chi connectivity index (χ4n) is 1.17. The van der Waals surface area contributed by atoms with Crippen LogP contribution in [0, 0.1) is 0 Å². The monoisotopic (exact) mass is 186 g/mol. The largest absolute Gasteiger partial charge is 0.243 e. The van der Waals surface area contributed by atoms with Gasteiger partial charge in [-0.05, 0) is 10.9 Å². The summed E-state index contributed by atoms with van der Waals surface area (Å²) in [6.07, 6.45) is 12.2. The Balaban J connectivity index is 2.24. The van der Waals surface area contributed by atoms with E-state index in [2.05, 4.69) is 47.4 Å². The summed E-state index contributed by atoms with van der Waals surface area (Å²) in [7, 11) is 2.65. The fourth-order valence-corrected chi connectivity index (χ4v) is 1.88. The van der Waals surface area contributed by atoms with Crippen LogP contribution < -0.4 is 4.57 Å². The van der Waals surface area contributed by atoms with Gasteiger partial charge in [-0.25, -0.2) is 9.13 Å². The van der Waals surface area contributed by atoms with Crippen LogP contribution in [-0.4, -0.2) is 22.8 Å². The lowest BCUT2D eigenvalue weighted by Gasteiger charge is -1.95. The Kier molecular flexibility index (Phi) is 3.66. The van der Waals surface area contributed by atoms with Crippen molar-refractivity contribution in [2.24, 2.45) is 7.05 Å². The molecule has 0 saturated carbocycles.